The van der Waals surface area contributed by atoms with Crippen LogP contribution in [-0.2, 0) is 32.1 Å². The van der Waals surface area contributed by atoms with Crippen LogP contribution in [0.4, 0.5) is 0 Å². The lowest BCUT2D eigenvalue weighted by Crippen LogP contribution is -2.51. The van der Waals surface area contributed by atoms with Crippen LogP contribution < -0.4 is 5.43 Å². The van der Waals surface area contributed by atoms with Crippen molar-refractivity contribution in [3.63, 3.8) is 0 Å². The Morgan fingerprint density at radius 3 is 2.27 bits per heavy atom. The summed E-state index contributed by atoms with van der Waals surface area (Å²) in [5, 5.41) is 13.0. The number of carbonyl (C=O) groups is 3. The van der Waals surface area contributed by atoms with E-state index in [4.69, 9.17) is 4.74 Å². The smallest absolute Gasteiger partial charge is 0.306 e. The van der Waals surface area contributed by atoms with Crippen molar-refractivity contribution >= 4 is 18.2 Å². The Hall–Kier alpha value is -3.88. The molecule has 2 N–H and O–H groups in total. The van der Waals surface area contributed by atoms with Crippen molar-refractivity contribution in [1.29, 1.82) is 0 Å². The van der Waals surface area contributed by atoms with Crippen molar-refractivity contribution in [2.45, 2.75) is 52.7 Å². The molecule has 1 amide bonds. The van der Waals surface area contributed by atoms with E-state index in [2.05, 4.69) is 10.4 Å². The second kappa shape index (κ2) is 15.2. The first-order chi connectivity index (χ1) is 19.6. The molecule has 0 aliphatic carbocycles. The van der Waals surface area contributed by atoms with Crippen LogP contribution in [0, 0.1) is 17.3 Å². The third kappa shape index (κ3) is 9.92. The predicted octanol–water partition coefficient (Wildman–Crippen LogP) is 4.62. The Morgan fingerprint density at radius 2 is 1.68 bits per heavy atom. The highest BCUT2D eigenvalue weighted by molar-refractivity contribution is 5.84. The molecule has 2 aromatic carbocycles. The Balaban J connectivity index is 1.83. The van der Waals surface area contributed by atoms with E-state index in [1.165, 1.54) is 7.11 Å². The molecule has 218 valence electrons. The normalized spacial score (nSPS) is 13.7. The van der Waals surface area contributed by atoms with Gasteiger partial charge in [0.05, 0.1) is 31.2 Å². The van der Waals surface area contributed by atoms with Gasteiger partial charge in [0.1, 0.15) is 6.29 Å². The number of rotatable bonds is 14. The highest BCUT2D eigenvalue weighted by atomic mass is 16.5. The zero-order valence-corrected chi connectivity index (χ0v) is 24.3. The highest BCUT2D eigenvalue weighted by Crippen LogP contribution is 2.30. The summed E-state index contributed by atoms with van der Waals surface area (Å²) in [7, 11) is 1.30. The van der Waals surface area contributed by atoms with E-state index in [-0.39, 0.29) is 31.2 Å². The van der Waals surface area contributed by atoms with E-state index in [1.807, 2.05) is 93.6 Å². The van der Waals surface area contributed by atoms with Gasteiger partial charge in [-0.15, -0.1) is 0 Å². The lowest BCUT2D eigenvalue weighted by atomic mass is 9.78. The van der Waals surface area contributed by atoms with Gasteiger partial charge in [-0.2, -0.15) is 0 Å². The van der Waals surface area contributed by atoms with Gasteiger partial charge in [0, 0.05) is 31.3 Å². The summed E-state index contributed by atoms with van der Waals surface area (Å²) in [6, 6.07) is 23.3. The second-order valence-electron chi connectivity index (χ2n) is 11.4. The molecule has 41 heavy (non-hydrogen) atoms. The quantitative estimate of drug-likeness (QED) is 0.169. The number of aliphatic hydroxyl groups excluding tert-OH is 1. The van der Waals surface area contributed by atoms with Gasteiger partial charge in [-0.05, 0) is 41.0 Å². The van der Waals surface area contributed by atoms with Gasteiger partial charge < -0.3 is 14.6 Å². The number of aliphatic hydroxyl groups is 1. The topological polar surface area (TPSA) is 109 Å². The van der Waals surface area contributed by atoms with Crippen LogP contribution in [0.3, 0.4) is 0 Å². The lowest BCUT2D eigenvalue weighted by Gasteiger charge is -2.34. The van der Waals surface area contributed by atoms with Gasteiger partial charge in [0.25, 0.3) is 0 Å². The molecule has 3 rings (SSSR count). The number of aromatic nitrogens is 1. The standard InChI is InChI=1S/C33H41N3O5/c1-33(2,3)28(21-31(39)41-4)32(40)35-36(22-25-13-15-26(16-14-25)29-12-8-9-18-34-29)23-30(38)27(17-19-37)20-24-10-6-5-7-11-24/h5-16,18-19,27-28,30,38H,17,20-23H2,1-4H3,(H,35,40)/t27-,28+,30+/m0/s1. The molecule has 0 fully saturated rings. The van der Waals surface area contributed by atoms with Crippen LogP contribution in [0.5, 0.6) is 0 Å². The minimum atomic E-state index is -0.901. The molecular weight excluding hydrogens is 518 g/mol. The number of nitrogens with zero attached hydrogens (tertiary/aromatic N) is 2. The van der Waals surface area contributed by atoms with Gasteiger partial charge >= 0.3 is 5.97 Å². The fourth-order valence-corrected chi connectivity index (χ4v) is 4.75. The summed E-state index contributed by atoms with van der Waals surface area (Å²) in [4.78, 5) is 41.6. The molecule has 0 saturated heterocycles. The van der Waals surface area contributed by atoms with Crippen LogP contribution in [0.15, 0.2) is 79.0 Å². The number of hydrogen-bond acceptors (Lipinski definition) is 7. The molecule has 8 heteroatoms. The maximum Gasteiger partial charge on any atom is 0.306 e. The molecule has 3 atom stereocenters. The predicted molar refractivity (Wildman–Crippen MR) is 158 cm³/mol. The van der Waals surface area contributed by atoms with E-state index in [0.717, 1.165) is 28.7 Å². The van der Waals surface area contributed by atoms with Crippen molar-refractivity contribution < 1.29 is 24.2 Å². The molecule has 0 bridgehead atoms. The van der Waals surface area contributed by atoms with Crippen LogP contribution in [0.2, 0.25) is 0 Å². The van der Waals surface area contributed by atoms with E-state index in [9.17, 15) is 19.5 Å². The van der Waals surface area contributed by atoms with Crippen molar-refractivity contribution in [2.75, 3.05) is 13.7 Å². The first kappa shape index (κ1) is 31.6. The number of ether oxygens (including phenoxy) is 1. The fourth-order valence-electron chi connectivity index (χ4n) is 4.75. The van der Waals surface area contributed by atoms with E-state index >= 15 is 0 Å². The zero-order chi connectivity index (χ0) is 29.8. The number of methoxy groups -OCH3 is 1. The first-order valence-electron chi connectivity index (χ1n) is 13.9. The largest absolute Gasteiger partial charge is 0.469 e. The van der Waals surface area contributed by atoms with Crippen molar-refractivity contribution in [3.05, 3.63) is 90.1 Å². The Labute approximate surface area is 242 Å². The lowest BCUT2D eigenvalue weighted by molar-refractivity contribution is -0.148. The monoisotopic (exact) mass is 559 g/mol. The maximum absolute atomic E-state index is 13.5. The van der Waals surface area contributed by atoms with Gasteiger partial charge in [-0.25, -0.2) is 5.01 Å². The summed E-state index contributed by atoms with van der Waals surface area (Å²) < 4.78 is 4.84. The van der Waals surface area contributed by atoms with Crippen molar-refractivity contribution in [2.24, 2.45) is 17.3 Å². The van der Waals surface area contributed by atoms with Crippen LogP contribution in [0.25, 0.3) is 11.3 Å². The van der Waals surface area contributed by atoms with E-state index in [1.54, 1.807) is 11.2 Å². The molecule has 0 unspecified atom stereocenters. The number of pyridine rings is 1. The van der Waals surface area contributed by atoms with Crippen LogP contribution in [-0.4, -0.2) is 53.0 Å². The molecule has 0 aliphatic rings. The average molecular weight is 560 g/mol. The third-order valence-electron chi connectivity index (χ3n) is 7.21. The summed E-state index contributed by atoms with van der Waals surface area (Å²) in [6.45, 7) is 6.09. The number of nitrogens with one attached hydrogen (secondary N) is 1. The fraction of sp³-hybridized carbons (Fsp3) is 0.394. The minimum Gasteiger partial charge on any atom is -0.469 e. The number of aldehydes is 1. The first-order valence-corrected chi connectivity index (χ1v) is 13.9. The van der Waals surface area contributed by atoms with E-state index < -0.39 is 23.4 Å². The number of hydrazine groups is 1. The van der Waals surface area contributed by atoms with Crippen LogP contribution in [0.1, 0.15) is 44.7 Å². The molecule has 3 aromatic rings. The van der Waals surface area contributed by atoms with Gasteiger partial charge in [-0.3, -0.25) is 20.0 Å². The number of hydrogen-bond donors (Lipinski definition) is 2. The van der Waals surface area contributed by atoms with Gasteiger partial charge in [0.2, 0.25) is 5.91 Å². The Bertz CT molecular complexity index is 1240. The zero-order valence-electron chi connectivity index (χ0n) is 24.3. The molecule has 0 aliphatic heterocycles. The number of carbonyl (C=O) groups excluding carboxylic acids is 3. The van der Waals surface area contributed by atoms with Crippen molar-refractivity contribution in [1.82, 2.24) is 15.4 Å². The average Bonchev–Trinajstić information content (AvgIpc) is 2.96. The summed E-state index contributed by atoms with van der Waals surface area (Å²) in [5.41, 5.74) is 6.20. The summed E-state index contributed by atoms with van der Waals surface area (Å²) in [6.07, 6.45) is 2.30. The molecule has 0 saturated carbocycles. The van der Waals surface area contributed by atoms with Gasteiger partial charge in [-0.1, -0.05) is 81.4 Å². The van der Waals surface area contributed by atoms with Crippen molar-refractivity contribution in [3.8, 4) is 11.3 Å². The highest BCUT2D eigenvalue weighted by Gasteiger charge is 2.35. The molecule has 1 heterocycles. The molecule has 0 radical (unpaired) electrons. The number of amides is 1. The number of esters is 1. The molecule has 1 aromatic heterocycles. The van der Waals surface area contributed by atoms with Gasteiger partial charge in [0.15, 0.2) is 0 Å². The Morgan fingerprint density at radius 1 is 1.00 bits per heavy atom. The SMILES string of the molecule is COC(=O)C[C@H](C(=O)NN(Cc1ccc(-c2ccccn2)cc1)C[C@@H](O)[C@@H](CC=O)Cc1ccccc1)C(C)(C)C. The van der Waals surface area contributed by atoms with Crippen LogP contribution >= 0.6 is 0 Å². The Kier molecular flexibility index (Phi) is 11.7. The molecule has 8 nitrogen and oxygen atoms in total. The maximum atomic E-state index is 13.5. The second-order valence-corrected chi connectivity index (χ2v) is 11.4. The summed E-state index contributed by atoms with van der Waals surface area (Å²) >= 11 is 0. The summed E-state index contributed by atoms with van der Waals surface area (Å²) in [5.74, 6) is -1.80. The molecule has 0 spiro atoms. The van der Waals surface area contributed by atoms with E-state index in [0.29, 0.717) is 13.0 Å². The minimum absolute atomic E-state index is 0.0667. The third-order valence-corrected chi connectivity index (χ3v) is 7.21. The molecular formula is C33H41N3O5. The number of benzene rings is 2.